The number of carbonyl (C=O) groups is 4. The van der Waals surface area contributed by atoms with Crippen molar-refractivity contribution < 1.29 is 50.6 Å². The SMILES string of the molecule is Cn1nnnc1SCC1=C(C(=O)OCc2ccc(C(=O)O)cc2)N2C(=O)C(NC(=O)C(F)(F)F)C2S(=O)(=O)C1. The van der Waals surface area contributed by atoms with Gasteiger partial charge in [-0.3, -0.25) is 14.5 Å². The number of β-lactam (4-membered cyclic amide) rings is 1. The Morgan fingerprint density at radius 3 is 2.46 bits per heavy atom. The summed E-state index contributed by atoms with van der Waals surface area (Å²) in [4.78, 5) is 48.9. The maximum Gasteiger partial charge on any atom is 0.471 e. The fourth-order valence-electron chi connectivity index (χ4n) is 3.80. The van der Waals surface area contributed by atoms with E-state index in [-0.39, 0.29) is 22.0 Å². The number of aromatic nitrogens is 4. The summed E-state index contributed by atoms with van der Waals surface area (Å²) in [7, 11) is -2.86. The summed E-state index contributed by atoms with van der Waals surface area (Å²) >= 11 is 0.929. The second kappa shape index (κ2) is 10.3. The van der Waals surface area contributed by atoms with Crippen molar-refractivity contribution in [2.24, 2.45) is 7.05 Å². The third-order valence-electron chi connectivity index (χ3n) is 5.63. The Balaban J connectivity index is 1.63. The quantitative estimate of drug-likeness (QED) is 0.231. The molecule has 2 aliphatic rings. The van der Waals surface area contributed by atoms with E-state index in [1.807, 2.05) is 0 Å². The first-order valence-electron chi connectivity index (χ1n) is 10.7. The van der Waals surface area contributed by atoms with E-state index >= 15 is 0 Å². The summed E-state index contributed by atoms with van der Waals surface area (Å²) in [6, 6.07) is 3.20. The summed E-state index contributed by atoms with van der Waals surface area (Å²) < 4.78 is 70.8. The number of carboxylic acid groups (broad SMARTS) is 1. The number of amides is 2. The predicted octanol–water partition coefficient (Wildman–Crippen LogP) is -0.358. The highest BCUT2D eigenvalue weighted by molar-refractivity contribution is 7.99. The summed E-state index contributed by atoms with van der Waals surface area (Å²) in [5.74, 6) is -7.12. The number of nitrogens with zero attached hydrogens (tertiary/aromatic N) is 5. The molecule has 2 unspecified atom stereocenters. The number of carbonyl (C=O) groups excluding carboxylic acids is 3. The minimum absolute atomic E-state index is 0.0242. The van der Waals surface area contributed by atoms with Crippen molar-refractivity contribution in [3.8, 4) is 0 Å². The molecule has 2 amide bonds. The molecule has 19 heteroatoms. The average molecular weight is 591 g/mol. The van der Waals surface area contributed by atoms with Crippen molar-refractivity contribution in [1.29, 1.82) is 0 Å². The molecule has 14 nitrogen and oxygen atoms in total. The van der Waals surface area contributed by atoms with Crippen molar-refractivity contribution in [2.45, 2.75) is 29.4 Å². The smallest absolute Gasteiger partial charge is 0.471 e. The van der Waals surface area contributed by atoms with Crippen LogP contribution in [0, 0.1) is 0 Å². The standard InChI is InChI=1S/C20H17F3N6O8S2/c1-28-19(25-26-27-28)38-7-11-8-39(35,36)15-12(24-18(34)20(21,22)23)14(30)29(15)13(11)17(33)37-6-9-2-4-10(5-3-9)16(31)32/h2-5,12,15H,6-8H2,1H3,(H,24,34)(H,31,32). The molecule has 1 aromatic heterocycles. The maximum absolute atomic E-state index is 13.1. The maximum atomic E-state index is 13.1. The van der Waals surface area contributed by atoms with Crippen LogP contribution in [0.2, 0.25) is 0 Å². The molecule has 0 spiro atoms. The number of thioether (sulfide) groups is 1. The number of alkyl halides is 3. The zero-order valence-electron chi connectivity index (χ0n) is 19.6. The van der Waals surface area contributed by atoms with E-state index in [9.17, 15) is 40.8 Å². The molecule has 4 rings (SSSR count). The van der Waals surface area contributed by atoms with Gasteiger partial charge in [0.25, 0.3) is 5.91 Å². The van der Waals surface area contributed by atoms with Gasteiger partial charge in [0.15, 0.2) is 15.2 Å². The van der Waals surface area contributed by atoms with Crippen LogP contribution in [0.4, 0.5) is 13.2 Å². The molecule has 1 aromatic carbocycles. The van der Waals surface area contributed by atoms with Crippen LogP contribution in [0.1, 0.15) is 15.9 Å². The highest BCUT2D eigenvalue weighted by Gasteiger charge is 2.61. The van der Waals surface area contributed by atoms with Gasteiger partial charge in [0.05, 0.1) is 11.3 Å². The third kappa shape index (κ3) is 5.58. The molecule has 39 heavy (non-hydrogen) atoms. The van der Waals surface area contributed by atoms with Crippen LogP contribution in [0.5, 0.6) is 0 Å². The number of hydrogen-bond donors (Lipinski definition) is 2. The molecule has 0 saturated carbocycles. The molecule has 2 aromatic rings. The molecule has 0 aliphatic carbocycles. The fourth-order valence-corrected chi connectivity index (χ4v) is 6.82. The number of aryl methyl sites for hydroxylation is 1. The number of sulfone groups is 1. The van der Waals surface area contributed by atoms with Gasteiger partial charge in [-0.05, 0) is 33.7 Å². The first-order chi connectivity index (χ1) is 18.2. The number of tetrazole rings is 1. The highest BCUT2D eigenvalue weighted by atomic mass is 32.2. The van der Waals surface area contributed by atoms with E-state index in [2.05, 4.69) is 15.5 Å². The van der Waals surface area contributed by atoms with Crippen LogP contribution >= 0.6 is 11.8 Å². The van der Waals surface area contributed by atoms with Gasteiger partial charge in [0.2, 0.25) is 5.16 Å². The number of hydrogen-bond acceptors (Lipinski definition) is 11. The summed E-state index contributed by atoms with van der Waals surface area (Å²) in [5, 5.41) is 19.4. The molecule has 1 fully saturated rings. The van der Waals surface area contributed by atoms with E-state index in [0.29, 0.717) is 10.5 Å². The highest BCUT2D eigenvalue weighted by Crippen LogP contribution is 2.39. The number of halogens is 3. The lowest BCUT2D eigenvalue weighted by Crippen LogP contribution is -2.75. The van der Waals surface area contributed by atoms with Crippen LogP contribution in [-0.4, -0.2) is 91.5 Å². The topological polar surface area (TPSA) is 191 Å². The normalized spacial score (nSPS) is 20.2. The number of benzene rings is 1. The number of nitrogens with one attached hydrogen (secondary N) is 1. The Bertz CT molecular complexity index is 1490. The Morgan fingerprint density at radius 2 is 1.90 bits per heavy atom. The van der Waals surface area contributed by atoms with E-state index < -0.39 is 69.2 Å². The summed E-state index contributed by atoms with van der Waals surface area (Å²) in [5.41, 5.74) is -0.259. The summed E-state index contributed by atoms with van der Waals surface area (Å²) in [6.45, 7) is -0.399. The van der Waals surface area contributed by atoms with Gasteiger partial charge < -0.3 is 15.2 Å². The van der Waals surface area contributed by atoms with E-state index in [1.165, 1.54) is 41.3 Å². The van der Waals surface area contributed by atoms with E-state index in [4.69, 9.17) is 9.84 Å². The number of carboxylic acids is 1. The van der Waals surface area contributed by atoms with Crippen LogP contribution in [0.15, 0.2) is 40.7 Å². The largest absolute Gasteiger partial charge is 0.478 e. The van der Waals surface area contributed by atoms with Crippen molar-refractivity contribution in [3.05, 3.63) is 46.7 Å². The number of rotatable bonds is 8. The van der Waals surface area contributed by atoms with E-state index in [0.717, 1.165) is 11.8 Å². The monoisotopic (exact) mass is 590 g/mol. The molecule has 1 saturated heterocycles. The third-order valence-corrected chi connectivity index (χ3v) is 8.69. The van der Waals surface area contributed by atoms with Gasteiger partial charge in [0, 0.05) is 12.8 Å². The Morgan fingerprint density at radius 1 is 1.23 bits per heavy atom. The minimum Gasteiger partial charge on any atom is -0.478 e. The summed E-state index contributed by atoms with van der Waals surface area (Å²) in [6.07, 6.45) is -5.38. The van der Waals surface area contributed by atoms with Gasteiger partial charge in [-0.25, -0.2) is 22.7 Å². The van der Waals surface area contributed by atoms with E-state index in [1.54, 1.807) is 0 Å². The van der Waals surface area contributed by atoms with Crippen LogP contribution < -0.4 is 5.32 Å². The van der Waals surface area contributed by atoms with Gasteiger partial charge in [-0.2, -0.15) is 13.2 Å². The Kier molecular flexibility index (Phi) is 7.39. The first-order valence-corrected chi connectivity index (χ1v) is 13.4. The minimum atomic E-state index is -5.38. The molecular formula is C20H17F3N6O8S2. The van der Waals surface area contributed by atoms with Crippen molar-refractivity contribution in [2.75, 3.05) is 11.5 Å². The zero-order valence-corrected chi connectivity index (χ0v) is 21.2. The van der Waals surface area contributed by atoms with Gasteiger partial charge in [-0.15, -0.1) is 5.10 Å². The van der Waals surface area contributed by atoms with Crippen molar-refractivity contribution in [1.82, 2.24) is 30.4 Å². The average Bonchev–Trinajstić information content (AvgIpc) is 3.27. The van der Waals surface area contributed by atoms with Gasteiger partial charge in [0.1, 0.15) is 18.3 Å². The lowest BCUT2D eigenvalue weighted by molar-refractivity contribution is -0.177. The van der Waals surface area contributed by atoms with Crippen molar-refractivity contribution >= 4 is 45.4 Å². The molecule has 2 atom stereocenters. The number of aromatic carboxylic acids is 1. The zero-order chi connectivity index (χ0) is 28.7. The van der Waals surface area contributed by atoms with Gasteiger partial charge in [-0.1, -0.05) is 23.9 Å². The number of esters is 1. The lowest BCUT2D eigenvalue weighted by atomic mass is 10.0. The molecule has 2 aliphatic heterocycles. The fraction of sp³-hybridized carbons (Fsp3) is 0.350. The second-order valence-corrected chi connectivity index (χ2v) is 11.3. The Hall–Kier alpha value is -4.00. The van der Waals surface area contributed by atoms with Gasteiger partial charge >= 0.3 is 24.0 Å². The van der Waals surface area contributed by atoms with Crippen LogP contribution in [0.3, 0.4) is 0 Å². The first kappa shape index (κ1) is 28.0. The Labute approximate surface area is 221 Å². The molecule has 3 heterocycles. The molecule has 0 bridgehead atoms. The second-order valence-electron chi connectivity index (χ2n) is 8.26. The predicted molar refractivity (Wildman–Crippen MR) is 122 cm³/mol. The molecule has 0 radical (unpaired) electrons. The molecular weight excluding hydrogens is 573 g/mol. The number of fused-ring (bicyclic) bond motifs is 1. The molecule has 208 valence electrons. The molecule has 2 N–H and O–H groups in total. The number of ether oxygens (including phenoxy) is 1. The van der Waals surface area contributed by atoms with Crippen LogP contribution in [0.25, 0.3) is 0 Å². The van der Waals surface area contributed by atoms with Crippen molar-refractivity contribution in [3.63, 3.8) is 0 Å². The van der Waals surface area contributed by atoms with Crippen LogP contribution in [-0.2, 0) is 42.6 Å². The lowest BCUT2D eigenvalue weighted by Gasteiger charge is -2.49.